The Morgan fingerprint density at radius 3 is 2.52 bits per heavy atom. The van der Waals surface area contributed by atoms with Crippen molar-refractivity contribution in [3.8, 4) is 0 Å². The molecule has 2 aliphatic heterocycles. The molecular formula is C19H30F3N5O4. The average Bonchev–Trinajstić information content (AvgIpc) is 3.36. The van der Waals surface area contributed by atoms with Crippen LogP contribution in [0.25, 0.3) is 0 Å². The normalized spacial score (nSPS) is 23.3. The fourth-order valence-electron chi connectivity index (χ4n) is 3.60. The lowest BCUT2D eigenvalue weighted by Crippen LogP contribution is -2.39. The molecule has 1 aromatic heterocycles. The van der Waals surface area contributed by atoms with Crippen LogP contribution >= 0.6 is 0 Å². The molecule has 9 nitrogen and oxygen atoms in total. The second-order valence-electron chi connectivity index (χ2n) is 8.30. The van der Waals surface area contributed by atoms with Gasteiger partial charge in [-0.25, -0.2) is 9.59 Å². The highest BCUT2D eigenvalue weighted by Gasteiger charge is 2.43. The molecular weight excluding hydrogens is 419 g/mol. The molecule has 0 aromatic carbocycles. The number of nitrogens with zero attached hydrogens (tertiary/aromatic N) is 4. The van der Waals surface area contributed by atoms with Gasteiger partial charge in [0.25, 0.3) is 0 Å². The number of aromatic nitrogens is 2. The summed E-state index contributed by atoms with van der Waals surface area (Å²) in [7, 11) is 3.52. The number of hydrogen-bond donors (Lipinski definition) is 2. The predicted octanol–water partition coefficient (Wildman–Crippen LogP) is 1.82. The maximum atomic E-state index is 11.7. The lowest BCUT2D eigenvalue weighted by atomic mass is 9.93. The summed E-state index contributed by atoms with van der Waals surface area (Å²) in [6.07, 6.45) is -0.690. The Bertz CT molecular complexity index is 753. The molecule has 0 radical (unpaired) electrons. The Balaban J connectivity index is 0.000000423. The fraction of sp³-hybridized carbons (Fsp3) is 0.737. The van der Waals surface area contributed by atoms with Crippen molar-refractivity contribution in [2.75, 3.05) is 40.3 Å². The van der Waals surface area contributed by atoms with Crippen LogP contribution in [-0.2, 0) is 16.1 Å². The van der Waals surface area contributed by atoms with Crippen molar-refractivity contribution < 1.29 is 32.6 Å². The van der Waals surface area contributed by atoms with Crippen molar-refractivity contribution in [2.24, 2.45) is 11.8 Å². The minimum absolute atomic E-state index is 0.0330. The van der Waals surface area contributed by atoms with Gasteiger partial charge in [0.05, 0.1) is 18.9 Å². The number of urea groups is 1. The minimum Gasteiger partial charge on any atom is -0.475 e. The van der Waals surface area contributed by atoms with Crippen molar-refractivity contribution in [3.05, 3.63) is 18.0 Å². The van der Waals surface area contributed by atoms with Crippen LogP contribution in [0.3, 0.4) is 0 Å². The molecule has 0 aliphatic carbocycles. The van der Waals surface area contributed by atoms with Crippen molar-refractivity contribution in [1.82, 2.24) is 24.9 Å². The highest BCUT2D eigenvalue weighted by atomic mass is 19.4. The van der Waals surface area contributed by atoms with Crippen LogP contribution in [0.15, 0.2) is 12.4 Å². The number of ether oxygens (including phenoxy) is 1. The Morgan fingerprint density at radius 2 is 2.00 bits per heavy atom. The van der Waals surface area contributed by atoms with Gasteiger partial charge in [-0.2, -0.15) is 18.3 Å². The van der Waals surface area contributed by atoms with Crippen LogP contribution in [0.1, 0.15) is 25.5 Å². The molecule has 12 heteroatoms. The van der Waals surface area contributed by atoms with E-state index in [1.54, 1.807) is 19.0 Å². The van der Waals surface area contributed by atoms with E-state index in [-0.39, 0.29) is 6.03 Å². The molecule has 0 saturated carbocycles. The van der Waals surface area contributed by atoms with Gasteiger partial charge in [-0.1, -0.05) is 0 Å². The predicted molar refractivity (Wildman–Crippen MR) is 105 cm³/mol. The first-order valence-electron chi connectivity index (χ1n) is 10.0. The SMILES string of the molecule is CC(C)n1cc(CN2C[C@@H]3[C@H](CNC(=O)N(C)C)CO[C@@H]3C2)cn1.O=C(O)C(F)(F)F. The first kappa shape index (κ1) is 24.9. The number of carbonyl (C=O) groups excluding carboxylic acids is 1. The number of likely N-dealkylation sites (tertiary alicyclic amines) is 1. The van der Waals surface area contributed by atoms with Crippen LogP contribution in [0.2, 0.25) is 0 Å². The summed E-state index contributed by atoms with van der Waals surface area (Å²) in [5.41, 5.74) is 1.25. The van der Waals surface area contributed by atoms with Gasteiger partial charge in [-0.3, -0.25) is 9.58 Å². The average molecular weight is 449 g/mol. The van der Waals surface area contributed by atoms with Gasteiger partial charge in [-0.05, 0) is 13.8 Å². The van der Waals surface area contributed by atoms with Crippen LogP contribution < -0.4 is 5.32 Å². The fourth-order valence-corrected chi connectivity index (χ4v) is 3.60. The third-order valence-electron chi connectivity index (χ3n) is 5.27. The van der Waals surface area contributed by atoms with Gasteiger partial charge in [0.1, 0.15) is 0 Å². The van der Waals surface area contributed by atoms with Gasteiger partial charge in [0.15, 0.2) is 0 Å². The zero-order valence-electron chi connectivity index (χ0n) is 18.1. The zero-order valence-corrected chi connectivity index (χ0v) is 18.1. The topological polar surface area (TPSA) is 99.9 Å². The molecule has 1 aromatic rings. The number of carbonyl (C=O) groups is 2. The molecule has 0 bridgehead atoms. The monoisotopic (exact) mass is 449 g/mol. The van der Waals surface area contributed by atoms with Crippen LogP contribution in [0.5, 0.6) is 0 Å². The smallest absolute Gasteiger partial charge is 0.475 e. The second-order valence-corrected chi connectivity index (χ2v) is 8.30. The van der Waals surface area contributed by atoms with E-state index >= 15 is 0 Å². The Hall–Kier alpha value is -2.34. The lowest BCUT2D eigenvalue weighted by molar-refractivity contribution is -0.192. The third kappa shape index (κ3) is 7.10. The Labute approximate surface area is 179 Å². The molecule has 3 rings (SSSR count). The number of aliphatic carboxylic acids is 1. The van der Waals surface area contributed by atoms with Gasteiger partial charge in [-0.15, -0.1) is 0 Å². The molecule has 2 saturated heterocycles. The van der Waals surface area contributed by atoms with Gasteiger partial charge in [0, 0.05) is 69.9 Å². The summed E-state index contributed by atoms with van der Waals surface area (Å²) in [6.45, 7) is 8.63. The standard InChI is InChI=1S/C17H29N5O2.C2HF3O2/c1-12(2)22-8-13(5-19-22)7-21-9-15-14(11-24-16(15)10-21)6-18-17(23)20(3)4;3-2(4,5)1(6)7/h5,8,12,14-16H,6-7,9-11H2,1-4H3,(H,18,23);(H,6,7)/t14-,15-,16-;/m1./s1. The zero-order chi connectivity index (χ0) is 23.3. The largest absolute Gasteiger partial charge is 0.490 e. The molecule has 2 amide bonds. The number of carboxylic acids is 1. The molecule has 2 N–H and O–H groups in total. The van der Waals surface area contributed by atoms with E-state index in [0.717, 1.165) is 26.2 Å². The molecule has 3 atom stereocenters. The van der Waals surface area contributed by atoms with Crippen molar-refractivity contribution in [1.29, 1.82) is 0 Å². The van der Waals surface area contributed by atoms with Gasteiger partial charge >= 0.3 is 18.2 Å². The molecule has 0 unspecified atom stereocenters. The molecule has 2 aliphatic rings. The van der Waals surface area contributed by atoms with Gasteiger partial charge < -0.3 is 20.1 Å². The van der Waals surface area contributed by atoms with Crippen LogP contribution in [0.4, 0.5) is 18.0 Å². The highest BCUT2D eigenvalue weighted by molar-refractivity contribution is 5.73. The molecule has 3 heterocycles. The van der Waals surface area contributed by atoms with E-state index < -0.39 is 12.1 Å². The lowest BCUT2D eigenvalue weighted by Gasteiger charge is -2.20. The molecule has 176 valence electrons. The number of halogens is 3. The van der Waals surface area contributed by atoms with E-state index in [9.17, 15) is 18.0 Å². The van der Waals surface area contributed by atoms with E-state index in [1.807, 2.05) is 10.9 Å². The number of alkyl halides is 3. The quantitative estimate of drug-likeness (QED) is 0.712. The van der Waals surface area contributed by atoms with Crippen LogP contribution in [-0.4, -0.2) is 89.3 Å². The van der Waals surface area contributed by atoms with E-state index in [2.05, 4.69) is 35.4 Å². The van der Waals surface area contributed by atoms with E-state index in [1.165, 1.54) is 5.56 Å². The number of amides is 2. The highest BCUT2D eigenvalue weighted by Crippen LogP contribution is 2.34. The van der Waals surface area contributed by atoms with Crippen molar-refractivity contribution in [3.63, 3.8) is 0 Å². The summed E-state index contributed by atoms with van der Waals surface area (Å²) in [6, 6.07) is 0.360. The third-order valence-corrected chi connectivity index (χ3v) is 5.27. The molecule has 31 heavy (non-hydrogen) atoms. The Kier molecular flexibility index (Phi) is 8.29. The summed E-state index contributed by atoms with van der Waals surface area (Å²) < 4.78 is 39.7. The first-order chi connectivity index (χ1) is 14.4. The van der Waals surface area contributed by atoms with Crippen LogP contribution in [0, 0.1) is 11.8 Å². The summed E-state index contributed by atoms with van der Waals surface area (Å²) in [4.78, 5) is 24.6. The Morgan fingerprint density at radius 1 is 1.35 bits per heavy atom. The summed E-state index contributed by atoms with van der Waals surface area (Å²) in [5.74, 6) is -1.85. The number of nitrogens with one attached hydrogen (secondary N) is 1. The van der Waals surface area contributed by atoms with Gasteiger partial charge in [0.2, 0.25) is 0 Å². The van der Waals surface area contributed by atoms with Crippen molar-refractivity contribution in [2.45, 2.75) is 38.7 Å². The second kappa shape index (κ2) is 10.3. The number of rotatable bonds is 5. The number of fused-ring (bicyclic) bond motifs is 1. The summed E-state index contributed by atoms with van der Waals surface area (Å²) >= 11 is 0. The molecule has 0 spiro atoms. The summed E-state index contributed by atoms with van der Waals surface area (Å²) in [5, 5.41) is 14.5. The van der Waals surface area contributed by atoms with E-state index in [4.69, 9.17) is 14.6 Å². The van der Waals surface area contributed by atoms with Crippen molar-refractivity contribution >= 4 is 12.0 Å². The number of hydrogen-bond acceptors (Lipinski definition) is 5. The first-order valence-corrected chi connectivity index (χ1v) is 10.0. The molecule has 2 fully saturated rings. The minimum atomic E-state index is -5.08. The maximum absolute atomic E-state index is 11.7. The number of carboxylic acid groups (broad SMARTS) is 1. The maximum Gasteiger partial charge on any atom is 0.490 e. The van der Waals surface area contributed by atoms with E-state index in [0.29, 0.717) is 30.5 Å².